The van der Waals surface area contributed by atoms with E-state index >= 15 is 0 Å². The summed E-state index contributed by atoms with van der Waals surface area (Å²) in [5.41, 5.74) is 0. The van der Waals surface area contributed by atoms with Gasteiger partial charge in [-0.1, -0.05) is 0 Å². The first-order chi connectivity index (χ1) is 3.80. The van der Waals surface area contributed by atoms with Crippen molar-refractivity contribution >= 4 is 8.51 Å². The van der Waals surface area contributed by atoms with Gasteiger partial charge in [0.15, 0.2) is 0 Å². The van der Waals surface area contributed by atoms with Crippen molar-refractivity contribution < 1.29 is 23.4 Å². The Morgan fingerprint density at radius 3 is 2.75 bits per heavy atom. The Bertz CT molecular complexity index is 171. The minimum absolute atomic E-state index is 0.821. The fourth-order valence-corrected chi connectivity index (χ4v) is 2.66. The van der Waals surface area contributed by atoms with Gasteiger partial charge in [-0.3, -0.25) is 0 Å². The zero-order valence-electron chi connectivity index (χ0n) is 4.23. The van der Waals surface area contributed by atoms with E-state index in [0.29, 0.717) is 0 Å². The fraction of sp³-hybridized carbons (Fsp3) is 0.200. The first-order valence-corrected chi connectivity index (χ1v) is 7.76. The molecule has 0 unspecified atom stereocenters. The van der Waals surface area contributed by atoms with Crippen molar-refractivity contribution in [3.63, 3.8) is 0 Å². The third kappa shape index (κ3) is 1.46. The summed E-state index contributed by atoms with van der Waals surface area (Å²) in [5, 5.41) is 0. The molecule has 8 heavy (non-hydrogen) atoms. The number of hydrogen-bond donors (Lipinski definition) is 0. The quantitative estimate of drug-likeness (QED) is 0.643. The summed E-state index contributed by atoms with van der Waals surface area (Å²) in [5.74, 6) is 0. The number of allylic oxidation sites excluding steroid dienone is 4. The van der Waals surface area contributed by atoms with Gasteiger partial charge in [0.25, 0.3) is 0 Å². The minimum atomic E-state index is -2.69. The van der Waals surface area contributed by atoms with Crippen LogP contribution in [0.1, 0.15) is 6.42 Å². The van der Waals surface area contributed by atoms with Crippen molar-refractivity contribution in [2.75, 3.05) is 0 Å². The molecule has 1 rings (SSSR count). The molecule has 0 heterocycles. The van der Waals surface area contributed by atoms with Gasteiger partial charge in [0, 0.05) is 0 Å². The second-order valence-corrected chi connectivity index (χ2v) is 6.55. The Hall–Kier alpha value is 0.453. The number of halogens is 1. The first-order valence-electron chi connectivity index (χ1n) is 2.36. The maximum absolute atomic E-state index is 10.6. The third-order valence-electron chi connectivity index (χ3n) is 1.02. The van der Waals surface area contributed by atoms with Gasteiger partial charge in [-0.15, -0.1) is 0 Å². The molecule has 0 aliphatic heterocycles. The molecule has 0 aromatic heterocycles. The normalized spacial score (nSPS) is 16.4. The molecule has 0 amide bonds. The van der Waals surface area contributed by atoms with E-state index in [1.54, 1.807) is 0 Å². The first kappa shape index (κ1) is 6.57. The summed E-state index contributed by atoms with van der Waals surface area (Å²) in [6, 6.07) is 0. The summed E-state index contributed by atoms with van der Waals surface area (Å²) < 4.78 is 11.5. The Labute approximate surface area is 59.7 Å². The molecular formula is C5H5ClOZr. The van der Waals surface area contributed by atoms with E-state index in [1.807, 2.05) is 18.2 Å². The van der Waals surface area contributed by atoms with Crippen LogP contribution < -0.4 is 0 Å². The topological polar surface area (TPSA) is 17.1 Å². The fourth-order valence-electron chi connectivity index (χ4n) is 0.593. The van der Waals surface area contributed by atoms with Crippen molar-refractivity contribution in [2.45, 2.75) is 6.42 Å². The Kier molecular flexibility index (Phi) is 2.33. The van der Waals surface area contributed by atoms with Crippen LogP contribution in [-0.2, 0) is 23.4 Å². The summed E-state index contributed by atoms with van der Waals surface area (Å²) >= 11 is -2.69. The van der Waals surface area contributed by atoms with Crippen LogP contribution in [0, 0.1) is 0 Å². The third-order valence-corrected chi connectivity index (χ3v) is 4.61. The molecule has 0 N–H and O–H groups in total. The summed E-state index contributed by atoms with van der Waals surface area (Å²) in [6.07, 6.45) is 6.54. The van der Waals surface area contributed by atoms with Crippen molar-refractivity contribution in [2.24, 2.45) is 0 Å². The molecule has 0 atom stereocenters. The molecule has 0 radical (unpaired) electrons. The monoisotopic (exact) mass is 206 g/mol. The predicted octanol–water partition coefficient (Wildman–Crippen LogP) is 1.95. The Morgan fingerprint density at radius 1 is 1.75 bits per heavy atom. The van der Waals surface area contributed by atoms with E-state index in [-0.39, 0.29) is 0 Å². The molecule has 0 saturated carbocycles. The van der Waals surface area contributed by atoms with E-state index in [1.165, 1.54) is 0 Å². The van der Waals surface area contributed by atoms with Crippen molar-refractivity contribution in [1.29, 1.82) is 0 Å². The van der Waals surface area contributed by atoms with Gasteiger partial charge in [-0.25, -0.2) is 0 Å². The zero-order valence-corrected chi connectivity index (χ0v) is 7.44. The summed E-state index contributed by atoms with van der Waals surface area (Å²) in [6.45, 7) is 0. The van der Waals surface area contributed by atoms with E-state index in [0.717, 1.165) is 9.70 Å². The molecule has 1 aliphatic rings. The second-order valence-electron chi connectivity index (χ2n) is 1.60. The van der Waals surface area contributed by atoms with E-state index in [9.17, 15) is 2.81 Å². The average Bonchev–Trinajstić information content (AvgIpc) is 2.12. The second kappa shape index (κ2) is 2.84. The van der Waals surface area contributed by atoms with Gasteiger partial charge in [-0.05, 0) is 0 Å². The molecule has 0 fully saturated rings. The number of rotatable bonds is 1. The van der Waals surface area contributed by atoms with Crippen LogP contribution >= 0.6 is 8.51 Å². The van der Waals surface area contributed by atoms with Crippen LogP contribution in [0.4, 0.5) is 0 Å². The maximum atomic E-state index is 10.6. The predicted molar refractivity (Wildman–Crippen MR) is 28.4 cm³/mol. The van der Waals surface area contributed by atoms with Gasteiger partial charge in [0.05, 0.1) is 0 Å². The van der Waals surface area contributed by atoms with Crippen molar-refractivity contribution in [1.82, 2.24) is 0 Å². The molecule has 42 valence electrons. The summed E-state index contributed by atoms with van der Waals surface area (Å²) in [7, 11) is 5.42. The SMILES string of the molecule is [O]=[Zr]([Cl])[C]1=CC=CC1. The van der Waals surface area contributed by atoms with Crippen molar-refractivity contribution in [3.8, 4) is 0 Å². The van der Waals surface area contributed by atoms with Crippen LogP contribution in [0.3, 0.4) is 0 Å². The average molecular weight is 208 g/mol. The zero-order chi connectivity index (χ0) is 5.98. The van der Waals surface area contributed by atoms with Crippen molar-refractivity contribution in [3.05, 3.63) is 21.5 Å². The molecule has 0 spiro atoms. The van der Waals surface area contributed by atoms with Crippen LogP contribution in [0.15, 0.2) is 21.5 Å². The molecule has 0 saturated heterocycles. The van der Waals surface area contributed by atoms with Gasteiger partial charge < -0.3 is 0 Å². The van der Waals surface area contributed by atoms with Crippen LogP contribution in [-0.4, -0.2) is 0 Å². The van der Waals surface area contributed by atoms with Gasteiger partial charge in [-0.2, -0.15) is 0 Å². The number of hydrogen-bond acceptors (Lipinski definition) is 1. The molecular weight excluding hydrogens is 203 g/mol. The van der Waals surface area contributed by atoms with Gasteiger partial charge >= 0.3 is 59.8 Å². The Morgan fingerprint density at radius 2 is 2.50 bits per heavy atom. The van der Waals surface area contributed by atoms with Crippen LogP contribution in [0.2, 0.25) is 0 Å². The van der Waals surface area contributed by atoms with E-state index in [2.05, 4.69) is 0 Å². The van der Waals surface area contributed by atoms with Crippen LogP contribution in [0.5, 0.6) is 0 Å². The van der Waals surface area contributed by atoms with Gasteiger partial charge in [0.1, 0.15) is 0 Å². The van der Waals surface area contributed by atoms with Gasteiger partial charge in [0.2, 0.25) is 0 Å². The molecule has 3 heteroatoms. The van der Waals surface area contributed by atoms with E-state index in [4.69, 9.17) is 8.51 Å². The molecule has 0 aromatic carbocycles. The Balaban J connectivity index is 2.64. The van der Waals surface area contributed by atoms with E-state index < -0.39 is 20.6 Å². The summed E-state index contributed by atoms with van der Waals surface area (Å²) in [4.78, 5) is 0. The standard InChI is InChI=1S/C5H5.ClH.O.Zr/c1-2-4-5-3-1;;;/h1-3H,4H2;1H;;/q;;;+1/p-1. The molecule has 1 nitrogen and oxygen atoms in total. The molecule has 0 aromatic rings. The molecule has 0 bridgehead atoms. The molecule has 1 aliphatic carbocycles. The van der Waals surface area contributed by atoms with Crippen LogP contribution in [0.25, 0.3) is 0 Å².